The van der Waals surface area contributed by atoms with Crippen molar-refractivity contribution in [3.05, 3.63) is 82.8 Å². The van der Waals surface area contributed by atoms with Gasteiger partial charge in [-0.2, -0.15) is 0 Å². The van der Waals surface area contributed by atoms with Crippen LogP contribution in [0.4, 0.5) is 11.4 Å². The van der Waals surface area contributed by atoms with E-state index in [-0.39, 0.29) is 18.4 Å². The van der Waals surface area contributed by atoms with Crippen molar-refractivity contribution in [2.75, 3.05) is 31.0 Å². The van der Waals surface area contributed by atoms with Crippen molar-refractivity contribution in [2.24, 2.45) is 0 Å². The molecule has 0 saturated carbocycles. The maximum absolute atomic E-state index is 13.1. The van der Waals surface area contributed by atoms with E-state index in [1.54, 1.807) is 55.7 Å². The number of carbonyl (C=O) groups is 2. The Balaban J connectivity index is 1.44. The maximum Gasteiger partial charge on any atom is 0.270 e. The zero-order valence-electron chi connectivity index (χ0n) is 19.9. The molecule has 0 spiro atoms. The molecule has 1 aliphatic heterocycles. The van der Waals surface area contributed by atoms with Crippen molar-refractivity contribution >= 4 is 57.6 Å². The maximum atomic E-state index is 13.1. The highest BCUT2D eigenvalue weighted by molar-refractivity contribution is 8.27. The number of nitrogens with one attached hydrogen (secondary N) is 1. The Morgan fingerprint density at radius 2 is 1.81 bits per heavy atom. The normalized spacial score (nSPS) is 14.2. The number of thiocarbonyl (C=S) groups is 1. The molecule has 7 nitrogen and oxygen atoms in total. The molecule has 1 saturated heterocycles. The van der Waals surface area contributed by atoms with E-state index in [2.05, 4.69) is 5.32 Å². The molecule has 0 aromatic heterocycles. The molecule has 36 heavy (non-hydrogen) atoms. The largest absolute Gasteiger partial charge is 0.497 e. The predicted molar refractivity (Wildman–Crippen MR) is 147 cm³/mol. The van der Waals surface area contributed by atoms with E-state index < -0.39 is 0 Å². The minimum atomic E-state index is -0.283. The van der Waals surface area contributed by atoms with Gasteiger partial charge < -0.3 is 19.5 Å². The van der Waals surface area contributed by atoms with Gasteiger partial charge in [0.25, 0.3) is 11.8 Å². The molecule has 1 N–H and O–H groups in total. The molecule has 0 aliphatic carbocycles. The van der Waals surface area contributed by atoms with Crippen LogP contribution in [0, 0.1) is 6.92 Å². The summed E-state index contributed by atoms with van der Waals surface area (Å²) < 4.78 is 16.8. The molecule has 0 bridgehead atoms. The highest BCUT2D eigenvalue weighted by atomic mass is 32.2. The molecular weight excluding hydrogens is 496 g/mol. The van der Waals surface area contributed by atoms with Crippen LogP contribution in [0.25, 0.3) is 6.08 Å². The van der Waals surface area contributed by atoms with Gasteiger partial charge in [0.15, 0.2) is 22.4 Å². The van der Waals surface area contributed by atoms with Crippen molar-refractivity contribution < 1.29 is 23.8 Å². The second kappa shape index (κ2) is 11.3. The Morgan fingerprint density at radius 3 is 2.50 bits per heavy atom. The summed E-state index contributed by atoms with van der Waals surface area (Å²) in [4.78, 5) is 27.3. The molecule has 9 heteroatoms. The summed E-state index contributed by atoms with van der Waals surface area (Å²) >= 11 is 6.68. The van der Waals surface area contributed by atoms with Gasteiger partial charge >= 0.3 is 0 Å². The fraction of sp³-hybridized carbons (Fsp3) is 0.148. The molecule has 3 aromatic carbocycles. The van der Waals surface area contributed by atoms with Gasteiger partial charge in [0.2, 0.25) is 0 Å². The van der Waals surface area contributed by atoms with E-state index in [9.17, 15) is 9.59 Å². The van der Waals surface area contributed by atoms with Crippen LogP contribution in [0.2, 0.25) is 0 Å². The third kappa shape index (κ3) is 5.87. The SMILES string of the molecule is COc1ccc(N2C(=O)/C(=C/c3ccc(OCC(=O)Nc4cccc(C)c4)c(OC)c3)SC2=S)cc1. The number of benzene rings is 3. The number of aryl methyl sites for hydroxylation is 1. The van der Waals surface area contributed by atoms with Crippen molar-refractivity contribution in [3.8, 4) is 17.2 Å². The minimum absolute atomic E-state index is 0.176. The number of hydrogen-bond acceptors (Lipinski definition) is 7. The molecule has 4 rings (SSSR count). The number of hydrogen-bond donors (Lipinski definition) is 1. The highest BCUT2D eigenvalue weighted by Gasteiger charge is 2.33. The summed E-state index contributed by atoms with van der Waals surface area (Å²) in [6, 6.07) is 19.9. The fourth-order valence-corrected chi connectivity index (χ4v) is 4.83. The van der Waals surface area contributed by atoms with Crippen LogP contribution in [-0.4, -0.2) is 37.0 Å². The first-order valence-corrected chi connectivity index (χ1v) is 12.2. The molecule has 1 aliphatic rings. The Kier molecular flexibility index (Phi) is 7.92. The van der Waals surface area contributed by atoms with Gasteiger partial charge in [0, 0.05) is 5.69 Å². The van der Waals surface area contributed by atoms with Gasteiger partial charge in [-0.25, -0.2) is 0 Å². The number of carbonyl (C=O) groups excluding carboxylic acids is 2. The number of rotatable bonds is 8. The topological polar surface area (TPSA) is 77.1 Å². The lowest BCUT2D eigenvalue weighted by molar-refractivity contribution is -0.118. The van der Waals surface area contributed by atoms with Gasteiger partial charge in [-0.3, -0.25) is 14.5 Å². The van der Waals surface area contributed by atoms with Crippen molar-refractivity contribution in [3.63, 3.8) is 0 Å². The van der Waals surface area contributed by atoms with Crippen LogP contribution in [0.15, 0.2) is 71.6 Å². The Labute approximate surface area is 219 Å². The second-order valence-electron chi connectivity index (χ2n) is 7.83. The zero-order valence-corrected chi connectivity index (χ0v) is 21.6. The van der Waals surface area contributed by atoms with Crippen molar-refractivity contribution in [1.82, 2.24) is 0 Å². The molecule has 3 aromatic rings. The molecule has 1 heterocycles. The lowest BCUT2D eigenvalue weighted by Crippen LogP contribution is -2.27. The van der Waals surface area contributed by atoms with Crippen LogP contribution in [-0.2, 0) is 9.59 Å². The summed E-state index contributed by atoms with van der Waals surface area (Å²) in [6.45, 7) is 1.78. The molecule has 0 unspecified atom stereocenters. The number of amides is 2. The van der Waals surface area contributed by atoms with E-state index in [1.807, 2.05) is 31.2 Å². The van der Waals surface area contributed by atoms with Crippen LogP contribution in [0.3, 0.4) is 0 Å². The van der Waals surface area contributed by atoms with Gasteiger partial charge in [-0.05, 0) is 72.7 Å². The molecular formula is C27H24N2O5S2. The standard InChI is InChI=1S/C27H24N2O5S2/c1-17-5-4-6-19(13-17)28-25(30)16-34-22-12-7-18(14-23(22)33-3)15-24-26(31)29(27(35)36-24)20-8-10-21(32-2)11-9-20/h4-15H,16H2,1-3H3,(H,28,30)/b24-15-. The summed E-state index contributed by atoms with van der Waals surface area (Å²) in [7, 11) is 3.10. The van der Waals surface area contributed by atoms with Crippen molar-refractivity contribution in [1.29, 1.82) is 0 Å². The lowest BCUT2D eigenvalue weighted by atomic mass is 10.1. The van der Waals surface area contributed by atoms with E-state index in [0.717, 1.165) is 11.1 Å². The summed E-state index contributed by atoms with van der Waals surface area (Å²) in [5, 5.41) is 2.80. The van der Waals surface area contributed by atoms with Crippen molar-refractivity contribution in [2.45, 2.75) is 6.92 Å². The summed E-state index contributed by atoms with van der Waals surface area (Å²) in [5.74, 6) is 1.07. The number of methoxy groups -OCH3 is 2. The van der Waals surface area contributed by atoms with Crippen LogP contribution in [0.5, 0.6) is 17.2 Å². The Hall–Kier alpha value is -3.82. The van der Waals surface area contributed by atoms with Gasteiger partial charge in [-0.1, -0.05) is 42.2 Å². The first kappa shape index (κ1) is 25.3. The zero-order chi connectivity index (χ0) is 25.7. The fourth-order valence-electron chi connectivity index (χ4n) is 3.53. The van der Waals surface area contributed by atoms with Gasteiger partial charge in [0.1, 0.15) is 5.75 Å². The summed E-state index contributed by atoms with van der Waals surface area (Å²) in [6.07, 6.45) is 1.75. The van der Waals surface area contributed by atoms with Crippen LogP contribution < -0.4 is 24.4 Å². The summed E-state index contributed by atoms with van der Waals surface area (Å²) in [5.41, 5.74) is 3.16. The van der Waals surface area contributed by atoms with E-state index >= 15 is 0 Å². The Morgan fingerprint density at radius 1 is 1.03 bits per heavy atom. The minimum Gasteiger partial charge on any atom is -0.497 e. The quantitative estimate of drug-likeness (QED) is 0.313. The van der Waals surface area contributed by atoms with Gasteiger partial charge in [0.05, 0.1) is 24.8 Å². The smallest absolute Gasteiger partial charge is 0.270 e. The second-order valence-corrected chi connectivity index (χ2v) is 9.51. The third-order valence-corrected chi connectivity index (χ3v) is 6.57. The highest BCUT2D eigenvalue weighted by Crippen LogP contribution is 2.37. The van der Waals surface area contributed by atoms with E-state index in [1.165, 1.54) is 23.8 Å². The van der Waals surface area contributed by atoms with E-state index in [0.29, 0.717) is 37.8 Å². The molecule has 2 amide bonds. The lowest BCUT2D eigenvalue weighted by Gasteiger charge is -2.14. The van der Waals surface area contributed by atoms with Crippen LogP contribution >= 0.6 is 24.0 Å². The first-order chi connectivity index (χ1) is 17.4. The molecule has 184 valence electrons. The molecule has 0 radical (unpaired) electrons. The average Bonchev–Trinajstić information content (AvgIpc) is 3.15. The molecule has 1 fully saturated rings. The Bertz CT molecular complexity index is 1340. The number of ether oxygens (including phenoxy) is 3. The van der Waals surface area contributed by atoms with E-state index in [4.69, 9.17) is 26.4 Å². The predicted octanol–water partition coefficient (Wildman–Crippen LogP) is 5.44. The van der Waals surface area contributed by atoms with Gasteiger partial charge in [-0.15, -0.1) is 0 Å². The monoisotopic (exact) mass is 520 g/mol. The first-order valence-electron chi connectivity index (χ1n) is 11.0. The number of thioether (sulfide) groups is 1. The average molecular weight is 521 g/mol. The number of anilines is 2. The molecule has 0 atom stereocenters. The third-order valence-electron chi connectivity index (χ3n) is 5.27. The number of nitrogens with zero attached hydrogens (tertiary/aromatic N) is 1. The van der Waals surface area contributed by atoms with Crippen LogP contribution in [0.1, 0.15) is 11.1 Å².